The molecule has 0 aromatic heterocycles. The molecule has 4 nitrogen and oxygen atoms in total. The van der Waals surface area contributed by atoms with Gasteiger partial charge in [0.1, 0.15) is 17.7 Å². The van der Waals surface area contributed by atoms with Crippen molar-refractivity contribution in [2.45, 2.75) is 43.9 Å². The number of ether oxygens (including phenoxy) is 1. The van der Waals surface area contributed by atoms with Gasteiger partial charge in [0, 0.05) is 7.11 Å². The number of nitrogens with one attached hydrogen (secondary N) is 1. The Morgan fingerprint density at radius 2 is 2.05 bits per heavy atom. The second kappa shape index (κ2) is 6.95. The number of hydrogen-bond acceptors (Lipinski definition) is 3. The molecule has 0 spiro atoms. The Morgan fingerprint density at radius 1 is 1.33 bits per heavy atom. The molecule has 2 N–H and O–H groups in total. The summed E-state index contributed by atoms with van der Waals surface area (Å²) in [5.41, 5.74) is -0.361. The molecule has 0 unspecified atom stereocenters. The van der Waals surface area contributed by atoms with E-state index in [2.05, 4.69) is 5.32 Å². The van der Waals surface area contributed by atoms with Crippen molar-refractivity contribution in [2.24, 2.45) is 0 Å². The molecule has 1 fully saturated rings. The molecule has 1 aromatic carbocycles. The maximum atomic E-state index is 13.6. The Balaban J connectivity index is 2.12. The van der Waals surface area contributed by atoms with Gasteiger partial charge in [-0.15, -0.1) is 0 Å². The van der Waals surface area contributed by atoms with Gasteiger partial charge in [-0.25, -0.2) is 8.78 Å². The first-order chi connectivity index (χ1) is 10.0. The van der Waals surface area contributed by atoms with Crippen LogP contribution in [0.25, 0.3) is 0 Å². The van der Waals surface area contributed by atoms with Crippen LogP contribution in [0.5, 0.6) is 0 Å². The van der Waals surface area contributed by atoms with Crippen LogP contribution in [0.4, 0.5) is 8.78 Å². The van der Waals surface area contributed by atoms with E-state index in [0.717, 1.165) is 31.0 Å². The zero-order valence-electron chi connectivity index (χ0n) is 11.8. The van der Waals surface area contributed by atoms with Crippen molar-refractivity contribution in [3.05, 3.63) is 35.4 Å². The molecule has 1 amide bonds. The molecule has 1 aliphatic carbocycles. The Hall–Kier alpha value is -1.53. The van der Waals surface area contributed by atoms with Crippen LogP contribution in [-0.4, -0.2) is 36.4 Å². The quantitative estimate of drug-likeness (QED) is 0.840. The lowest BCUT2D eigenvalue weighted by molar-refractivity contribution is -0.0277. The highest BCUT2D eigenvalue weighted by Gasteiger charge is 2.31. The average molecular weight is 299 g/mol. The number of aliphatic hydroxyl groups excluding tert-OH is 1. The normalized spacial score (nSPS) is 26.2. The van der Waals surface area contributed by atoms with Gasteiger partial charge in [0.05, 0.1) is 17.7 Å². The molecule has 1 aliphatic rings. The zero-order chi connectivity index (χ0) is 15.4. The first-order valence-electron chi connectivity index (χ1n) is 6.99. The molecule has 0 heterocycles. The number of methoxy groups -OCH3 is 1. The highest BCUT2D eigenvalue weighted by Crippen LogP contribution is 2.21. The summed E-state index contributed by atoms with van der Waals surface area (Å²) in [6, 6.07) is 2.17. The lowest BCUT2D eigenvalue weighted by atomic mass is 10.0. The molecule has 1 saturated carbocycles. The Morgan fingerprint density at radius 3 is 2.76 bits per heavy atom. The third kappa shape index (κ3) is 3.77. The van der Waals surface area contributed by atoms with Crippen molar-refractivity contribution in [3.8, 4) is 0 Å². The van der Waals surface area contributed by atoms with Crippen LogP contribution in [0, 0.1) is 11.6 Å². The molecule has 6 heteroatoms. The van der Waals surface area contributed by atoms with E-state index in [9.17, 15) is 18.7 Å². The van der Waals surface area contributed by atoms with Crippen molar-refractivity contribution >= 4 is 5.91 Å². The third-order valence-electron chi connectivity index (χ3n) is 3.84. The number of benzene rings is 1. The van der Waals surface area contributed by atoms with E-state index in [-0.39, 0.29) is 11.7 Å². The smallest absolute Gasteiger partial charge is 0.254 e. The molecule has 21 heavy (non-hydrogen) atoms. The number of carbonyl (C=O) groups excluding carboxylic acids is 1. The van der Waals surface area contributed by atoms with Gasteiger partial charge in [-0.05, 0) is 31.0 Å². The summed E-state index contributed by atoms with van der Waals surface area (Å²) < 4.78 is 31.9. The monoisotopic (exact) mass is 299 g/mol. The van der Waals surface area contributed by atoms with E-state index >= 15 is 0 Å². The number of aliphatic hydroxyl groups is 1. The highest BCUT2D eigenvalue weighted by molar-refractivity contribution is 5.94. The predicted molar refractivity (Wildman–Crippen MR) is 72.9 cm³/mol. The van der Waals surface area contributed by atoms with Crippen LogP contribution in [0.3, 0.4) is 0 Å². The molecular formula is C15H19F2NO3. The van der Waals surface area contributed by atoms with Crippen LogP contribution in [-0.2, 0) is 4.74 Å². The number of rotatable bonds is 3. The minimum Gasteiger partial charge on any atom is -0.388 e. The summed E-state index contributed by atoms with van der Waals surface area (Å²) in [6.45, 7) is 0. The fourth-order valence-corrected chi connectivity index (χ4v) is 2.64. The summed E-state index contributed by atoms with van der Waals surface area (Å²) in [4.78, 5) is 12.1. The van der Waals surface area contributed by atoms with Gasteiger partial charge in [0.15, 0.2) is 0 Å². The van der Waals surface area contributed by atoms with Crippen molar-refractivity contribution in [2.75, 3.05) is 7.11 Å². The van der Waals surface area contributed by atoms with Crippen LogP contribution >= 0.6 is 0 Å². The molecule has 1 aromatic rings. The van der Waals surface area contributed by atoms with Crippen molar-refractivity contribution < 1.29 is 23.4 Å². The lowest BCUT2D eigenvalue weighted by Gasteiger charge is -2.27. The first-order valence-corrected chi connectivity index (χ1v) is 6.99. The van der Waals surface area contributed by atoms with Gasteiger partial charge in [-0.3, -0.25) is 4.79 Å². The molecule has 2 rings (SSSR count). The van der Waals surface area contributed by atoms with Crippen molar-refractivity contribution in [1.29, 1.82) is 0 Å². The zero-order valence-corrected chi connectivity index (χ0v) is 11.8. The summed E-state index contributed by atoms with van der Waals surface area (Å²) in [6.07, 6.45) is 1.76. The Bertz CT molecular complexity index is 510. The van der Waals surface area contributed by atoms with Crippen LogP contribution < -0.4 is 5.32 Å². The standard InChI is InChI=1S/C15H19F2NO3/c1-21-13-5-3-2-4-12(14(13)19)18-15(20)10-8-9(16)6-7-11(10)17/h6-8,12-14,19H,2-5H2,1H3,(H,18,20)/t12-,13-,14-/m1/s1. The van der Waals surface area contributed by atoms with Gasteiger partial charge in [-0.1, -0.05) is 12.8 Å². The molecule has 0 aliphatic heterocycles. The van der Waals surface area contributed by atoms with Crippen LogP contribution in [0.15, 0.2) is 18.2 Å². The number of amides is 1. The maximum absolute atomic E-state index is 13.6. The Kier molecular flexibility index (Phi) is 5.25. The van der Waals surface area contributed by atoms with E-state index in [4.69, 9.17) is 4.74 Å². The molecule has 0 radical (unpaired) electrons. The van der Waals surface area contributed by atoms with Crippen molar-refractivity contribution in [1.82, 2.24) is 5.32 Å². The highest BCUT2D eigenvalue weighted by atomic mass is 19.1. The maximum Gasteiger partial charge on any atom is 0.254 e. The number of hydrogen-bond donors (Lipinski definition) is 2. The minimum atomic E-state index is -0.863. The fourth-order valence-electron chi connectivity index (χ4n) is 2.64. The average Bonchev–Trinajstić information content (AvgIpc) is 2.64. The lowest BCUT2D eigenvalue weighted by Crippen LogP contribution is -2.48. The van der Waals surface area contributed by atoms with E-state index in [1.807, 2.05) is 0 Å². The van der Waals surface area contributed by atoms with E-state index in [1.54, 1.807) is 0 Å². The summed E-state index contributed by atoms with van der Waals surface area (Å²) in [5.74, 6) is -2.20. The van der Waals surface area contributed by atoms with E-state index in [0.29, 0.717) is 12.8 Å². The van der Waals surface area contributed by atoms with Gasteiger partial charge in [0.25, 0.3) is 5.91 Å². The fraction of sp³-hybridized carbons (Fsp3) is 0.533. The van der Waals surface area contributed by atoms with Crippen LogP contribution in [0.2, 0.25) is 0 Å². The minimum absolute atomic E-state index is 0.361. The Labute approximate surface area is 122 Å². The molecule has 116 valence electrons. The topological polar surface area (TPSA) is 58.6 Å². The number of halogens is 2. The van der Waals surface area contributed by atoms with Crippen LogP contribution in [0.1, 0.15) is 36.0 Å². The molecule has 0 bridgehead atoms. The first kappa shape index (κ1) is 15.9. The van der Waals surface area contributed by atoms with Crippen molar-refractivity contribution in [3.63, 3.8) is 0 Å². The molecule has 0 saturated heterocycles. The van der Waals surface area contributed by atoms with Gasteiger partial charge in [0.2, 0.25) is 0 Å². The summed E-state index contributed by atoms with van der Waals surface area (Å²) >= 11 is 0. The SMILES string of the molecule is CO[C@@H]1CCCC[C@@H](NC(=O)c2cc(F)ccc2F)[C@H]1O. The second-order valence-corrected chi connectivity index (χ2v) is 5.25. The molecule has 3 atom stereocenters. The largest absolute Gasteiger partial charge is 0.388 e. The second-order valence-electron chi connectivity index (χ2n) is 5.25. The molecular weight excluding hydrogens is 280 g/mol. The van der Waals surface area contributed by atoms with E-state index in [1.165, 1.54) is 7.11 Å². The van der Waals surface area contributed by atoms with E-state index < -0.39 is 29.7 Å². The summed E-state index contributed by atoms with van der Waals surface area (Å²) in [7, 11) is 1.50. The van der Waals surface area contributed by atoms with Gasteiger partial charge >= 0.3 is 0 Å². The number of carbonyl (C=O) groups is 1. The van der Waals surface area contributed by atoms with Gasteiger partial charge < -0.3 is 15.2 Å². The predicted octanol–water partition coefficient (Wildman–Crippen LogP) is 2.01. The third-order valence-corrected chi connectivity index (χ3v) is 3.84. The summed E-state index contributed by atoms with van der Waals surface area (Å²) in [5, 5.41) is 12.8. The van der Waals surface area contributed by atoms with Gasteiger partial charge in [-0.2, -0.15) is 0 Å².